The Balaban J connectivity index is 1.54. The van der Waals surface area contributed by atoms with E-state index in [1.165, 1.54) is 34.6 Å². The van der Waals surface area contributed by atoms with Crippen LogP contribution in [-0.2, 0) is 23.8 Å². The number of hydrogen-bond acceptors (Lipinski definition) is 5. The highest BCUT2D eigenvalue weighted by Gasteiger charge is 2.49. The van der Waals surface area contributed by atoms with Crippen LogP contribution in [0.4, 0.5) is 0 Å². The first-order chi connectivity index (χ1) is 12.1. The second kappa shape index (κ2) is 5.89. The number of thiophene rings is 1. The SMILES string of the molecule is Cc1cc2c(s1)C1(CC(c3cn(C)nn3)NC(C3CCC3)C1)OCC2. The first-order valence-electron chi connectivity index (χ1n) is 9.49. The highest BCUT2D eigenvalue weighted by Crippen LogP contribution is 2.51. The molecule has 0 bridgehead atoms. The summed E-state index contributed by atoms with van der Waals surface area (Å²) in [6.07, 6.45) is 9.23. The molecular weight excluding hydrogens is 332 g/mol. The summed E-state index contributed by atoms with van der Waals surface area (Å²) in [5.41, 5.74) is 2.43. The van der Waals surface area contributed by atoms with E-state index < -0.39 is 0 Å². The number of piperidine rings is 1. The van der Waals surface area contributed by atoms with Crippen LogP contribution in [0.3, 0.4) is 0 Å². The van der Waals surface area contributed by atoms with Crippen molar-refractivity contribution in [2.45, 2.75) is 63.1 Å². The molecule has 5 nitrogen and oxygen atoms in total. The molecule has 2 fully saturated rings. The molecule has 3 atom stereocenters. The number of rotatable bonds is 2. The molecule has 3 aliphatic rings. The van der Waals surface area contributed by atoms with Gasteiger partial charge in [-0.15, -0.1) is 16.4 Å². The van der Waals surface area contributed by atoms with E-state index in [1.807, 2.05) is 18.4 Å². The van der Waals surface area contributed by atoms with Crippen molar-refractivity contribution in [2.75, 3.05) is 6.61 Å². The third kappa shape index (κ3) is 2.66. The summed E-state index contributed by atoms with van der Waals surface area (Å²) in [4.78, 5) is 2.89. The predicted octanol–water partition coefficient (Wildman–Crippen LogP) is 3.25. The molecule has 2 aromatic rings. The van der Waals surface area contributed by atoms with Gasteiger partial charge in [0, 0.05) is 35.5 Å². The highest BCUT2D eigenvalue weighted by molar-refractivity contribution is 7.12. The fourth-order valence-corrected chi connectivity index (χ4v) is 6.09. The molecule has 5 rings (SSSR count). The molecule has 1 saturated carbocycles. The van der Waals surface area contributed by atoms with Gasteiger partial charge in [-0.25, -0.2) is 0 Å². The minimum absolute atomic E-state index is 0.139. The third-order valence-electron chi connectivity index (χ3n) is 6.29. The Morgan fingerprint density at radius 2 is 2.24 bits per heavy atom. The molecule has 2 aromatic heterocycles. The number of aryl methyl sites for hydroxylation is 2. The topological polar surface area (TPSA) is 52.0 Å². The zero-order valence-corrected chi connectivity index (χ0v) is 15.8. The number of aromatic nitrogens is 3. The number of fused-ring (bicyclic) bond motifs is 2. The van der Waals surface area contributed by atoms with Crippen LogP contribution in [0.1, 0.15) is 59.2 Å². The maximum Gasteiger partial charge on any atom is 0.106 e. The summed E-state index contributed by atoms with van der Waals surface area (Å²) in [5.74, 6) is 0.784. The van der Waals surface area contributed by atoms with Crippen LogP contribution in [0.2, 0.25) is 0 Å². The quantitative estimate of drug-likeness (QED) is 0.895. The van der Waals surface area contributed by atoms with Crippen molar-refractivity contribution in [2.24, 2.45) is 13.0 Å². The first kappa shape index (κ1) is 16.0. The Bertz CT molecular complexity index is 780. The van der Waals surface area contributed by atoms with Gasteiger partial charge in [0.2, 0.25) is 0 Å². The van der Waals surface area contributed by atoms with Gasteiger partial charge in [-0.05, 0) is 50.2 Å². The molecular formula is C19H26N4OS. The van der Waals surface area contributed by atoms with Gasteiger partial charge in [-0.2, -0.15) is 0 Å². The standard InChI is InChI=1S/C19H26N4OS/c1-12-8-14-6-7-24-19(18(14)25-12)9-15(13-4-3-5-13)20-16(10-19)17-11-23(2)22-21-17/h8,11,13,15-16,20H,3-7,9-10H2,1-2H3. The normalized spacial score (nSPS) is 32.6. The van der Waals surface area contributed by atoms with Crippen LogP contribution in [0.5, 0.6) is 0 Å². The number of ether oxygens (including phenoxy) is 1. The van der Waals surface area contributed by atoms with Crippen molar-refractivity contribution >= 4 is 11.3 Å². The van der Waals surface area contributed by atoms with E-state index in [4.69, 9.17) is 4.74 Å². The van der Waals surface area contributed by atoms with E-state index in [0.717, 1.165) is 37.5 Å². The second-order valence-corrected chi connectivity index (χ2v) is 9.30. The second-order valence-electron chi connectivity index (χ2n) is 8.05. The van der Waals surface area contributed by atoms with E-state index in [-0.39, 0.29) is 11.6 Å². The molecule has 1 spiro atoms. The van der Waals surface area contributed by atoms with E-state index >= 15 is 0 Å². The molecule has 3 unspecified atom stereocenters. The minimum Gasteiger partial charge on any atom is -0.369 e. The Labute approximate surface area is 152 Å². The van der Waals surface area contributed by atoms with Gasteiger partial charge < -0.3 is 10.1 Å². The Morgan fingerprint density at radius 1 is 1.36 bits per heavy atom. The summed E-state index contributed by atoms with van der Waals surface area (Å²) >= 11 is 1.94. The molecule has 134 valence electrons. The van der Waals surface area contributed by atoms with E-state index in [9.17, 15) is 0 Å². The van der Waals surface area contributed by atoms with Gasteiger partial charge >= 0.3 is 0 Å². The summed E-state index contributed by atoms with van der Waals surface area (Å²) < 4.78 is 8.37. The lowest BCUT2D eigenvalue weighted by Crippen LogP contribution is -2.54. The molecule has 1 aliphatic carbocycles. The first-order valence-corrected chi connectivity index (χ1v) is 10.3. The van der Waals surface area contributed by atoms with Crippen molar-refractivity contribution in [3.05, 3.63) is 33.3 Å². The van der Waals surface area contributed by atoms with Gasteiger partial charge in [-0.1, -0.05) is 11.6 Å². The van der Waals surface area contributed by atoms with Crippen molar-refractivity contribution in [1.82, 2.24) is 20.3 Å². The van der Waals surface area contributed by atoms with Gasteiger partial charge in [0.1, 0.15) is 5.60 Å². The minimum atomic E-state index is -0.139. The largest absolute Gasteiger partial charge is 0.369 e. The molecule has 0 radical (unpaired) electrons. The lowest BCUT2D eigenvalue weighted by molar-refractivity contribution is -0.106. The molecule has 25 heavy (non-hydrogen) atoms. The molecule has 0 aromatic carbocycles. The van der Waals surface area contributed by atoms with Crippen LogP contribution >= 0.6 is 11.3 Å². The third-order valence-corrected chi connectivity index (χ3v) is 7.57. The fraction of sp³-hybridized carbons (Fsp3) is 0.684. The van der Waals surface area contributed by atoms with Crippen molar-refractivity contribution in [1.29, 1.82) is 0 Å². The average Bonchev–Trinajstić information content (AvgIpc) is 3.12. The summed E-state index contributed by atoms with van der Waals surface area (Å²) in [7, 11) is 1.94. The van der Waals surface area contributed by atoms with Crippen LogP contribution in [0, 0.1) is 12.8 Å². The summed E-state index contributed by atoms with van der Waals surface area (Å²) in [6, 6.07) is 3.12. The van der Waals surface area contributed by atoms with E-state index in [2.05, 4.69) is 34.8 Å². The maximum absolute atomic E-state index is 6.57. The Hall–Kier alpha value is -1.24. The number of nitrogens with one attached hydrogen (secondary N) is 1. The molecule has 4 heterocycles. The summed E-state index contributed by atoms with van der Waals surface area (Å²) in [6.45, 7) is 3.06. The highest BCUT2D eigenvalue weighted by atomic mass is 32.1. The Kier molecular flexibility index (Phi) is 3.77. The van der Waals surface area contributed by atoms with Crippen molar-refractivity contribution in [3.8, 4) is 0 Å². The average molecular weight is 359 g/mol. The molecule has 1 N–H and O–H groups in total. The zero-order chi connectivity index (χ0) is 17.0. The molecule has 2 aliphatic heterocycles. The van der Waals surface area contributed by atoms with Gasteiger partial charge in [-0.3, -0.25) is 4.68 Å². The zero-order valence-electron chi connectivity index (χ0n) is 15.0. The Morgan fingerprint density at radius 3 is 2.96 bits per heavy atom. The molecule has 6 heteroatoms. The molecule has 0 amide bonds. The fourth-order valence-electron chi connectivity index (χ4n) is 4.87. The van der Waals surface area contributed by atoms with Gasteiger partial charge in [0.15, 0.2) is 0 Å². The summed E-state index contributed by atoms with van der Waals surface area (Å²) in [5, 5.41) is 12.5. The monoisotopic (exact) mass is 358 g/mol. The van der Waals surface area contributed by atoms with Crippen molar-refractivity contribution < 1.29 is 4.74 Å². The maximum atomic E-state index is 6.57. The molecule has 1 saturated heterocycles. The van der Waals surface area contributed by atoms with E-state index in [1.54, 1.807) is 4.68 Å². The van der Waals surface area contributed by atoms with Crippen molar-refractivity contribution in [3.63, 3.8) is 0 Å². The lowest BCUT2D eigenvalue weighted by atomic mass is 9.70. The van der Waals surface area contributed by atoms with Crippen LogP contribution in [0.15, 0.2) is 12.3 Å². The van der Waals surface area contributed by atoms with E-state index in [0.29, 0.717) is 6.04 Å². The predicted molar refractivity (Wildman–Crippen MR) is 97.6 cm³/mol. The number of nitrogens with zero attached hydrogens (tertiary/aromatic N) is 3. The van der Waals surface area contributed by atoms with Gasteiger partial charge in [0.05, 0.1) is 18.3 Å². The smallest absolute Gasteiger partial charge is 0.106 e. The van der Waals surface area contributed by atoms with Crippen LogP contribution < -0.4 is 5.32 Å². The van der Waals surface area contributed by atoms with Gasteiger partial charge in [0.25, 0.3) is 0 Å². The lowest BCUT2D eigenvalue weighted by Gasteiger charge is -2.49. The number of hydrogen-bond donors (Lipinski definition) is 1. The van der Waals surface area contributed by atoms with Crippen LogP contribution in [0.25, 0.3) is 0 Å². The van der Waals surface area contributed by atoms with Crippen LogP contribution in [-0.4, -0.2) is 27.6 Å².